The van der Waals surface area contributed by atoms with E-state index in [0.717, 1.165) is 16.3 Å². The zero-order valence-corrected chi connectivity index (χ0v) is 12.1. The summed E-state index contributed by atoms with van der Waals surface area (Å²) in [4.78, 5) is 11.5. The molecule has 0 bridgehead atoms. The molecule has 0 radical (unpaired) electrons. The molecule has 4 heteroatoms. The standard InChI is InChI=1S/C12H18OS3/c1-8(2)12(13)14-7-11-15-9-5-3-4-6-10(9)16-11/h9-11H,1,3-7H2,2H3. The van der Waals surface area contributed by atoms with Crippen molar-refractivity contribution in [3.63, 3.8) is 0 Å². The average Bonchev–Trinajstić information content (AvgIpc) is 2.68. The molecule has 1 aliphatic carbocycles. The Bertz CT molecular complexity index is 276. The highest BCUT2D eigenvalue weighted by atomic mass is 32.2. The van der Waals surface area contributed by atoms with Gasteiger partial charge in [0.25, 0.3) is 0 Å². The van der Waals surface area contributed by atoms with Gasteiger partial charge in [0.1, 0.15) is 0 Å². The zero-order chi connectivity index (χ0) is 11.5. The topological polar surface area (TPSA) is 17.1 Å². The fraction of sp³-hybridized carbons (Fsp3) is 0.750. The van der Waals surface area contributed by atoms with Gasteiger partial charge in [-0.05, 0) is 25.3 Å². The van der Waals surface area contributed by atoms with Crippen molar-refractivity contribution >= 4 is 40.4 Å². The van der Waals surface area contributed by atoms with Gasteiger partial charge < -0.3 is 0 Å². The van der Waals surface area contributed by atoms with E-state index in [4.69, 9.17) is 0 Å². The minimum atomic E-state index is 0.163. The lowest BCUT2D eigenvalue weighted by molar-refractivity contribution is -0.107. The van der Waals surface area contributed by atoms with E-state index in [1.54, 1.807) is 6.92 Å². The van der Waals surface area contributed by atoms with E-state index >= 15 is 0 Å². The van der Waals surface area contributed by atoms with Crippen molar-refractivity contribution in [2.75, 3.05) is 5.75 Å². The fourth-order valence-corrected chi connectivity index (χ4v) is 7.22. The van der Waals surface area contributed by atoms with Crippen LogP contribution in [-0.2, 0) is 4.79 Å². The normalized spacial score (nSPS) is 33.4. The molecule has 0 aromatic rings. The van der Waals surface area contributed by atoms with E-state index in [0.29, 0.717) is 10.2 Å². The number of hydrogen-bond acceptors (Lipinski definition) is 4. The van der Waals surface area contributed by atoms with Gasteiger partial charge in [-0.1, -0.05) is 31.2 Å². The second-order valence-electron chi connectivity index (χ2n) is 4.44. The van der Waals surface area contributed by atoms with Gasteiger partial charge in [-0.2, -0.15) is 0 Å². The van der Waals surface area contributed by atoms with Crippen LogP contribution < -0.4 is 0 Å². The third-order valence-electron chi connectivity index (χ3n) is 2.99. The molecule has 2 fully saturated rings. The third kappa shape index (κ3) is 3.23. The van der Waals surface area contributed by atoms with Crippen LogP contribution in [0.1, 0.15) is 32.6 Å². The van der Waals surface area contributed by atoms with E-state index in [2.05, 4.69) is 30.1 Å². The molecule has 90 valence electrons. The maximum atomic E-state index is 11.5. The maximum absolute atomic E-state index is 11.5. The Hall–Kier alpha value is 0.460. The minimum absolute atomic E-state index is 0.163. The monoisotopic (exact) mass is 274 g/mol. The van der Waals surface area contributed by atoms with Crippen molar-refractivity contribution < 1.29 is 4.79 Å². The van der Waals surface area contributed by atoms with Gasteiger partial charge in [0.15, 0.2) is 0 Å². The Morgan fingerprint density at radius 2 is 1.88 bits per heavy atom. The molecule has 1 heterocycles. The summed E-state index contributed by atoms with van der Waals surface area (Å²) in [7, 11) is 0. The zero-order valence-electron chi connectivity index (χ0n) is 9.61. The Balaban J connectivity index is 1.76. The average molecular weight is 274 g/mol. The number of carbonyl (C=O) groups excluding carboxylic acids is 1. The van der Waals surface area contributed by atoms with Crippen LogP contribution in [0.3, 0.4) is 0 Å². The smallest absolute Gasteiger partial charge is 0.214 e. The summed E-state index contributed by atoms with van der Waals surface area (Å²) >= 11 is 5.66. The fourth-order valence-electron chi connectivity index (χ4n) is 2.14. The highest BCUT2D eigenvalue weighted by Crippen LogP contribution is 2.50. The van der Waals surface area contributed by atoms with Crippen molar-refractivity contribution in [1.82, 2.24) is 0 Å². The van der Waals surface area contributed by atoms with Gasteiger partial charge in [0.05, 0.1) is 4.58 Å². The Morgan fingerprint density at radius 1 is 1.31 bits per heavy atom. The van der Waals surface area contributed by atoms with Crippen LogP contribution >= 0.6 is 35.3 Å². The molecule has 1 aliphatic heterocycles. The molecular formula is C12H18OS3. The lowest BCUT2D eigenvalue weighted by Gasteiger charge is -2.22. The van der Waals surface area contributed by atoms with E-state index in [1.165, 1.54) is 37.4 Å². The summed E-state index contributed by atoms with van der Waals surface area (Å²) < 4.78 is 0.626. The predicted molar refractivity (Wildman–Crippen MR) is 77.3 cm³/mol. The van der Waals surface area contributed by atoms with E-state index < -0.39 is 0 Å². The molecule has 16 heavy (non-hydrogen) atoms. The molecule has 0 spiro atoms. The molecule has 0 amide bonds. The van der Waals surface area contributed by atoms with Gasteiger partial charge in [-0.15, -0.1) is 23.5 Å². The minimum Gasteiger partial charge on any atom is -0.282 e. The van der Waals surface area contributed by atoms with Gasteiger partial charge in [0, 0.05) is 16.3 Å². The SMILES string of the molecule is C=C(C)C(=O)SCC1SC2CCCCC2S1. The predicted octanol–water partition coefficient (Wildman–Crippen LogP) is 3.94. The van der Waals surface area contributed by atoms with Crippen molar-refractivity contribution in [1.29, 1.82) is 0 Å². The van der Waals surface area contributed by atoms with Gasteiger partial charge >= 0.3 is 0 Å². The highest BCUT2D eigenvalue weighted by Gasteiger charge is 2.36. The summed E-state index contributed by atoms with van der Waals surface area (Å²) in [6, 6.07) is 0. The van der Waals surface area contributed by atoms with Crippen molar-refractivity contribution in [3.05, 3.63) is 12.2 Å². The summed E-state index contributed by atoms with van der Waals surface area (Å²) in [5.74, 6) is 0.952. The number of thioether (sulfide) groups is 3. The number of rotatable bonds is 3. The van der Waals surface area contributed by atoms with Gasteiger partial charge in [0.2, 0.25) is 5.12 Å². The van der Waals surface area contributed by atoms with Crippen LogP contribution in [0, 0.1) is 0 Å². The van der Waals surface area contributed by atoms with E-state index in [9.17, 15) is 4.79 Å². The number of carbonyl (C=O) groups is 1. The molecule has 2 rings (SSSR count). The first kappa shape index (κ1) is 12.9. The summed E-state index contributed by atoms with van der Waals surface area (Å²) in [5, 5.41) is 1.89. The van der Waals surface area contributed by atoms with Crippen molar-refractivity contribution in [2.24, 2.45) is 0 Å². The van der Waals surface area contributed by atoms with Crippen LogP contribution in [0.5, 0.6) is 0 Å². The molecule has 0 aromatic carbocycles. The first-order valence-electron chi connectivity index (χ1n) is 5.80. The van der Waals surface area contributed by atoms with E-state index in [1.807, 2.05) is 0 Å². The number of hydrogen-bond donors (Lipinski definition) is 0. The number of fused-ring (bicyclic) bond motifs is 1. The van der Waals surface area contributed by atoms with Gasteiger partial charge in [-0.25, -0.2) is 0 Å². The summed E-state index contributed by atoms with van der Waals surface area (Å²) in [6.07, 6.45) is 5.58. The van der Waals surface area contributed by atoms with Crippen LogP contribution in [0.2, 0.25) is 0 Å². The molecule has 1 saturated carbocycles. The first-order valence-corrected chi connectivity index (χ1v) is 8.67. The molecule has 0 N–H and O–H groups in total. The van der Waals surface area contributed by atoms with Crippen LogP contribution in [-0.4, -0.2) is 25.9 Å². The molecule has 1 saturated heterocycles. The maximum Gasteiger partial charge on any atom is 0.214 e. The summed E-state index contributed by atoms with van der Waals surface area (Å²) in [6.45, 7) is 5.48. The third-order valence-corrected chi connectivity index (χ3v) is 8.13. The molecule has 0 aromatic heterocycles. The molecule has 1 nitrogen and oxygen atoms in total. The van der Waals surface area contributed by atoms with Crippen molar-refractivity contribution in [2.45, 2.75) is 47.7 Å². The lowest BCUT2D eigenvalue weighted by atomic mass is 10.00. The Kier molecular flexibility index (Phi) is 4.74. The highest BCUT2D eigenvalue weighted by molar-refractivity contribution is 8.23. The molecule has 2 aliphatic rings. The Morgan fingerprint density at radius 3 is 2.38 bits per heavy atom. The van der Waals surface area contributed by atoms with Crippen LogP contribution in [0.4, 0.5) is 0 Å². The second-order valence-corrected chi connectivity index (χ2v) is 8.63. The molecule has 2 unspecified atom stereocenters. The van der Waals surface area contributed by atoms with Crippen LogP contribution in [0.15, 0.2) is 12.2 Å². The lowest BCUT2D eigenvalue weighted by Crippen LogP contribution is -2.19. The van der Waals surface area contributed by atoms with E-state index in [-0.39, 0.29) is 5.12 Å². The Labute approximate surface area is 111 Å². The molecule has 2 atom stereocenters. The van der Waals surface area contributed by atoms with Crippen LogP contribution in [0.25, 0.3) is 0 Å². The van der Waals surface area contributed by atoms with Crippen molar-refractivity contribution in [3.8, 4) is 0 Å². The first-order chi connectivity index (χ1) is 7.66. The second kappa shape index (κ2) is 5.87. The summed E-state index contributed by atoms with van der Waals surface area (Å²) in [5.41, 5.74) is 0.676. The molecular weight excluding hydrogens is 256 g/mol. The quantitative estimate of drug-likeness (QED) is 0.725. The largest absolute Gasteiger partial charge is 0.282 e. The van der Waals surface area contributed by atoms with Gasteiger partial charge in [-0.3, -0.25) is 4.79 Å².